The van der Waals surface area contributed by atoms with Gasteiger partial charge < -0.3 is 0 Å². The predicted octanol–water partition coefficient (Wildman–Crippen LogP) is 3.06. The second kappa shape index (κ2) is 3.50. The summed E-state index contributed by atoms with van der Waals surface area (Å²) >= 11 is 5.94. The number of alkyl halides is 1. The quantitative estimate of drug-likeness (QED) is 0.474. The Labute approximate surface area is 80.5 Å². The molecule has 0 aromatic carbocycles. The standard InChI is InChI=1S/C9H17ClOSi/c1-12(2,3)7-4-5-9(11)8(10)6-7/h7-8H,4-6H2,1-3H3. The maximum atomic E-state index is 11.2. The number of Topliss-reactive ketones (excluding diaryl/α,β-unsaturated/α-hetero) is 1. The van der Waals surface area contributed by atoms with Gasteiger partial charge in [0.15, 0.2) is 5.78 Å². The Kier molecular flexibility index (Phi) is 3.00. The largest absolute Gasteiger partial charge is 0.298 e. The number of hydrogen-bond donors (Lipinski definition) is 0. The van der Waals surface area contributed by atoms with Crippen molar-refractivity contribution in [3.63, 3.8) is 0 Å². The van der Waals surface area contributed by atoms with Crippen LogP contribution in [0.1, 0.15) is 19.3 Å². The van der Waals surface area contributed by atoms with Gasteiger partial charge in [-0.1, -0.05) is 19.6 Å². The molecule has 0 aromatic heterocycles. The highest BCUT2D eigenvalue weighted by atomic mass is 35.5. The smallest absolute Gasteiger partial charge is 0.150 e. The highest BCUT2D eigenvalue weighted by Crippen LogP contribution is 2.37. The Balaban J connectivity index is 2.57. The molecule has 1 rings (SSSR count). The third-order valence-corrected chi connectivity index (χ3v) is 6.20. The molecular weight excluding hydrogens is 188 g/mol. The van der Waals surface area contributed by atoms with Gasteiger partial charge in [0, 0.05) is 14.5 Å². The Hall–Kier alpha value is 0.177. The van der Waals surface area contributed by atoms with Crippen LogP contribution in [0.5, 0.6) is 0 Å². The van der Waals surface area contributed by atoms with E-state index in [4.69, 9.17) is 11.6 Å². The first-order valence-corrected chi connectivity index (χ1v) is 8.59. The first-order valence-electron chi connectivity index (χ1n) is 4.58. The predicted molar refractivity (Wildman–Crippen MR) is 55.6 cm³/mol. The van der Waals surface area contributed by atoms with Crippen molar-refractivity contribution in [1.82, 2.24) is 0 Å². The molecule has 0 N–H and O–H groups in total. The third kappa shape index (κ3) is 2.33. The van der Waals surface area contributed by atoms with Crippen molar-refractivity contribution < 1.29 is 4.79 Å². The van der Waals surface area contributed by atoms with Crippen LogP contribution in [0.4, 0.5) is 0 Å². The molecule has 0 aliphatic heterocycles. The van der Waals surface area contributed by atoms with Gasteiger partial charge in [-0.3, -0.25) is 4.79 Å². The molecule has 1 saturated carbocycles. The van der Waals surface area contributed by atoms with Gasteiger partial charge in [0.25, 0.3) is 0 Å². The highest BCUT2D eigenvalue weighted by molar-refractivity contribution is 6.77. The molecule has 3 heteroatoms. The van der Waals surface area contributed by atoms with E-state index in [0.29, 0.717) is 6.42 Å². The van der Waals surface area contributed by atoms with Crippen molar-refractivity contribution in [3.05, 3.63) is 0 Å². The van der Waals surface area contributed by atoms with Crippen molar-refractivity contribution in [1.29, 1.82) is 0 Å². The number of rotatable bonds is 1. The summed E-state index contributed by atoms with van der Waals surface area (Å²) in [7, 11) is -1.06. The molecule has 0 heterocycles. The maximum absolute atomic E-state index is 11.2. The number of halogens is 1. The van der Waals surface area contributed by atoms with Gasteiger partial charge in [-0.05, 0) is 18.4 Å². The average molecular weight is 205 g/mol. The van der Waals surface area contributed by atoms with Crippen molar-refractivity contribution in [3.8, 4) is 0 Å². The third-order valence-electron chi connectivity index (χ3n) is 2.80. The van der Waals surface area contributed by atoms with E-state index in [1.54, 1.807) is 0 Å². The second-order valence-corrected chi connectivity index (χ2v) is 10.8. The molecule has 1 nitrogen and oxygen atoms in total. The fourth-order valence-electron chi connectivity index (χ4n) is 1.76. The minimum atomic E-state index is -1.06. The lowest BCUT2D eigenvalue weighted by molar-refractivity contribution is -0.119. The zero-order valence-corrected chi connectivity index (χ0v) is 9.82. The summed E-state index contributed by atoms with van der Waals surface area (Å²) in [5, 5.41) is -0.185. The van der Waals surface area contributed by atoms with Gasteiger partial charge in [-0.15, -0.1) is 11.6 Å². The van der Waals surface area contributed by atoms with Gasteiger partial charge >= 0.3 is 0 Å². The summed E-state index contributed by atoms with van der Waals surface area (Å²) in [5.41, 5.74) is 0.748. The first-order chi connectivity index (χ1) is 5.41. The maximum Gasteiger partial charge on any atom is 0.150 e. The zero-order chi connectivity index (χ0) is 9.35. The lowest BCUT2D eigenvalue weighted by atomic mass is 9.98. The van der Waals surface area contributed by atoms with Gasteiger partial charge in [-0.25, -0.2) is 0 Å². The Morgan fingerprint density at radius 1 is 1.42 bits per heavy atom. The molecular formula is C9H17ClOSi. The molecule has 70 valence electrons. The molecule has 2 unspecified atom stereocenters. The van der Waals surface area contributed by atoms with E-state index in [1.165, 1.54) is 0 Å². The molecule has 0 radical (unpaired) electrons. The van der Waals surface area contributed by atoms with Crippen LogP contribution in [-0.4, -0.2) is 19.2 Å². The SMILES string of the molecule is C[Si](C)(C)C1CCC(=O)C(Cl)C1. The van der Waals surface area contributed by atoms with Gasteiger partial charge in [0.2, 0.25) is 0 Å². The topological polar surface area (TPSA) is 17.1 Å². The molecule has 2 atom stereocenters. The number of carbonyl (C=O) groups excluding carboxylic acids is 1. The van der Waals surface area contributed by atoms with Crippen molar-refractivity contribution in [2.24, 2.45) is 0 Å². The highest BCUT2D eigenvalue weighted by Gasteiger charge is 2.34. The molecule has 12 heavy (non-hydrogen) atoms. The zero-order valence-electron chi connectivity index (χ0n) is 8.06. The van der Waals surface area contributed by atoms with Crippen molar-refractivity contribution in [2.45, 2.75) is 49.8 Å². The van der Waals surface area contributed by atoms with E-state index in [-0.39, 0.29) is 11.2 Å². The number of hydrogen-bond acceptors (Lipinski definition) is 1. The van der Waals surface area contributed by atoms with E-state index in [2.05, 4.69) is 19.6 Å². The summed E-state index contributed by atoms with van der Waals surface area (Å²) < 4.78 is 0. The fraction of sp³-hybridized carbons (Fsp3) is 0.889. The molecule has 0 aromatic rings. The molecule has 1 fully saturated rings. The summed E-state index contributed by atoms with van der Waals surface area (Å²) in [6.45, 7) is 7.07. The number of ketones is 1. The van der Waals surface area contributed by atoms with E-state index in [0.717, 1.165) is 18.4 Å². The van der Waals surface area contributed by atoms with E-state index in [1.807, 2.05) is 0 Å². The second-order valence-electron chi connectivity index (χ2n) is 4.77. The van der Waals surface area contributed by atoms with Gasteiger partial charge in [0.1, 0.15) is 0 Å². The average Bonchev–Trinajstić information content (AvgIpc) is 1.92. The summed E-state index contributed by atoms with van der Waals surface area (Å²) in [6, 6.07) is 0. The van der Waals surface area contributed by atoms with Crippen LogP contribution >= 0.6 is 11.6 Å². The van der Waals surface area contributed by atoms with Crippen LogP contribution in [0.25, 0.3) is 0 Å². The van der Waals surface area contributed by atoms with E-state index >= 15 is 0 Å². The van der Waals surface area contributed by atoms with Crippen molar-refractivity contribution in [2.75, 3.05) is 0 Å². The summed E-state index contributed by atoms with van der Waals surface area (Å²) in [4.78, 5) is 11.2. The lowest BCUT2D eigenvalue weighted by Crippen LogP contribution is -2.35. The first kappa shape index (κ1) is 10.3. The normalized spacial score (nSPS) is 32.2. The van der Waals surface area contributed by atoms with Crippen LogP contribution in [0.2, 0.25) is 25.2 Å². The molecule has 1 aliphatic rings. The molecule has 0 saturated heterocycles. The monoisotopic (exact) mass is 204 g/mol. The number of carbonyl (C=O) groups is 1. The van der Waals surface area contributed by atoms with Crippen LogP contribution in [0.3, 0.4) is 0 Å². The Bertz CT molecular complexity index is 185. The van der Waals surface area contributed by atoms with Crippen LogP contribution in [0.15, 0.2) is 0 Å². The van der Waals surface area contributed by atoms with E-state index in [9.17, 15) is 4.79 Å². The molecule has 0 spiro atoms. The molecule has 0 bridgehead atoms. The molecule has 0 amide bonds. The minimum Gasteiger partial charge on any atom is -0.298 e. The lowest BCUT2D eigenvalue weighted by Gasteiger charge is -2.33. The summed E-state index contributed by atoms with van der Waals surface area (Å²) in [6.07, 6.45) is 2.72. The van der Waals surface area contributed by atoms with Crippen LogP contribution in [-0.2, 0) is 4.79 Å². The van der Waals surface area contributed by atoms with E-state index < -0.39 is 8.07 Å². The fourth-order valence-corrected chi connectivity index (χ4v) is 4.19. The Morgan fingerprint density at radius 2 is 2.00 bits per heavy atom. The van der Waals surface area contributed by atoms with Gasteiger partial charge in [0.05, 0.1) is 5.38 Å². The van der Waals surface area contributed by atoms with Crippen LogP contribution in [0, 0.1) is 0 Å². The molecule has 1 aliphatic carbocycles. The Morgan fingerprint density at radius 3 is 2.42 bits per heavy atom. The van der Waals surface area contributed by atoms with Gasteiger partial charge in [-0.2, -0.15) is 0 Å². The van der Waals surface area contributed by atoms with Crippen LogP contribution < -0.4 is 0 Å². The minimum absolute atomic E-state index is 0.185. The summed E-state index contributed by atoms with van der Waals surface area (Å²) in [5.74, 6) is 0.256. The van der Waals surface area contributed by atoms with Crippen molar-refractivity contribution >= 4 is 25.5 Å².